The molecule has 1 rings (SSSR count). The molecule has 0 aliphatic heterocycles. The maximum atomic E-state index is 11.2. The van der Waals surface area contributed by atoms with Gasteiger partial charge >= 0.3 is 5.97 Å². The van der Waals surface area contributed by atoms with Gasteiger partial charge < -0.3 is 10.2 Å². The topological polar surface area (TPSA) is 57.5 Å². The number of hydrogen-bond acceptors (Lipinski definition) is 2. The fourth-order valence-corrected chi connectivity index (χ4v) is 2.46. The molecule has 0 fully saturated rings. The molecule has 19 heavy (non-hydrogen) atoms. The molecule has 0 heterocycles. The molecule has 0 radical (unpaired) electrons. The lowest BCUT2D eigenvalue weighted by molar-refractivity contribution is -0.152. The summed E-state index contributed by atoms with van der Waals surface area (Å²) < 4.78 is 0. The summed E-state index contributed by atoms with van der Waals surface area (Å²) in [4.78, 5) is 11.2. The van der Waals surface area contributed by atoms with Crippen molar-refractivity contribution in [1.82, 2.24) is 0 Å². The fourth-order valence-electron chi connectivity index (χ4n) is 2.46. The molecule has 2 N–H and O–H groups in total. The molecule has 0 aliphatic carbocycles. The Balaban J connectivity index is 2.98. The minimum Gasteiger partial charge on any atom is -0.481 e. The summed E-state index contributed by atoms with van der Waals surface area (Å²) in [5.74, 6) is -1.17. The van der Waals surface area contributed by atoms with E-state index in [1.807, 2.05) is 24.3 Å². The minimum atomic E-state index is -1.34. The van der Waals surface area contributed by atoms with Crippen LogP contribution >= 0.6 is 0 Å². The summed E-state index contributed by atoms with van der Waals surface area (Å²) in [5, 5.41) is 19.7. The largest absolute Gasteiger partial charge is 0.481 e. The molecule has 0 aliphatic rings. The van der Waals surface area contributed by atoms with Crippen LogP contribution in [0.3, 0.4) is 0 Å². The summed E-state index contributed by atoms with van der Waals surface area (Å²) in [6.07, 6.45) is 1.38. The van der Waals surface area contributed by atoms with Crippen LogP contribution in [0.1, 0.15) is 45.2 Å². The van der Waals surface area contributed by atoms with Crippen LogP contribution in [0.15, 0.2) is 24.3 Å². The van der Waals surface area contributed by atoms with Gasteiger partial charge in [-0.15, -0.1) is 0 Å². The molecule has 2 atom stereocenters. The summed E-state index contributed by atoms with van der Waals surface area (Å²) in [7, 11) is 0. The smallest absolute Gasteiger partial charge is 0.309 e. The number of rotatable bonds is 6. The van der Waals surface area contributed by atoms with Crippen LogP contribution in [-0.4, -0.2) is 16.2 Å². The highest BCUT2D eigenvalue weighted by Gasteiger charge is 2.37. The van der Waals surface area contributed by atoms with Crippen molar-refractivity contribution in [3.8, 4) is 0 Å². The van der Waals surface area contributed by atoms with Crippen molar-refractivity contribution in [3.05, 3.63) is 35.4 Å². The molecule has 3 heteroatoms. The average Bonchev–Trinajstić information content (AvgIpc) is 2.28. The normalized spacial score (nSPS) is 16.1. The van der Waals surface area contributed by atoms with Crippen molar-refractivity contribution >= 4 is 5.97 Å². The van der Waals surface area contributed by atoms with Crippen LogP contribution in [0, 0.1) is 11.8 Å². The van der Waals surface area contributed by atoms with Gasteiger partial charge in [0.1, 0.15) is 5.60 Å². The number of carboxylic acids is 1. The molecule has 2 unspecified atom stereocenters. The van der Waals surface area contributed by atoms with Crippen LogP contribution in [0.5, 0.6) is 0 Å². The Labute approximate surface area is 115 Å². The summed E-state index contributed by atoms with van der Waals surface area (Å²) >= 11 is 0. The quantitative estimate of drug-likeness (QED) is 0.829. The predicted octanol–water partition coefficient (Wildman–Crippen LogP) is 3.20. The Morgan fingerprint density at radius 1 is 1.26 bits per heavy atom. The van der Waals surface area contributed by atoms with Crippen LogP contribution in [0.4, 0.5) is 0 Å². The Kier molecular flexibility index (Phi) is 5.12. The Morgan fingerprint density at radius 2 is 1.79 bits per heavy atom. The van der Waals surface area contributed by atoms with Crippen molar-refractivity contribution < 1.29 is 15.0 Å². The summed E-state index contributed by atoms with van der Waals surface area (Å²) in [6.45, 7) is 7.66. The standard InChI is InChI=1S/C16H24O3/c1-5-14(15(17)18)16(4,19)13-8-6-12(7-9-13)10-11(2)3/h6-9,11,14,19H,5,10H2,1-4H3,(H,17,18). The van der Waals surface area contributed by atoms with Gasteiger partial charge in [0.2, 0.25) is 0 Å². The lowest BCUT2D eigenvalue weighted by atomic mass is 9.81. The van der Waals surface area contributed by atoms with Gasteiger partial charge in [-0.1, -0.05) is 45.0 Å². The molecule has 0 saturated carbocycles. The second kappa shape index (κ2) is 6.20. The number of hydrogen-bond donors (Lipinski definition) is 2. The maximum Gasteiger partial charge on any atom is 0.309 e. The van der Waals surface area contributed by atoms with E-state index in [2.05, 4.69) is 13.8 Å². The SMILES string of the molecule is CCC(C(=O)O)C(C)(O)c1ccc(CC(C)C)cc1. The molecular formula is C16H24O3. The highest BCUT2D eigenvalue weighted by Crippen LogP contribution is 2.32. The van der Waals surface area contributed by atoms with E-state index in [-0.39, 0.29) is 0 Å². The summed E-state index contributed by atoms with van der Waals surface area (Å²) in [5.41, 5.74) is 0.531. The van der Waals surface area contributed by atoms with E-state index in [4.69, 9.17) is 0 Å². The molecular weight excluding hydrogens is 240 g/mol. The molecule has 0 amide bonds. The number of aliphatic carboxylic acids is 1. The van der Waals surface area contributed by atoms with Crippen molar-refractivity contribution in [3.63, 3.8) is 0 Å². The molecule has 1 aromatic rings. The monoisotopic (exact) mass is 264 g/mol. The molecule has 3 nitrogen and oxygen atoms in total. The van der Waals surface area contributed by atoms with Gasteiger partial charge in [0, 0.05) is 0 Å². The molecule has 0 aromatic heterocycles. The predicted molar refractivity (Wildman–Crippen MR) is 76.0 cm³/mol. The van der Waals surface area contributed by atoms with Crippen molar-refractivity contribution in [2.24, 2.45) is 11.8 Å². The molecule has 106 valence electrons. The lowest BCUT2D eigenvalue weighted by Gasteiger charge is -2.30. The zero-order valence-electron chi connectivity index (χ0n) is 12.2. The highest BCUT2D eigenvalue weighted by atomic mass is 16.4. The van der Waals surface area contributed by atoms with Gasteiger partial charge in [0.15, 0.2) is 0 Å². The first-order valence-corrected chi connectivity index (χ1v) is 6.83. The van der Waals surface area contributed by atoms with E-state index in [0.29, 0.717) is 17.9 Å². The fraction of sp³-hybridized carbons (Fsp3) is 0.562. The Bertz CT molecular complexity index is 418. The first-order chi connectivity index (χ1) is 8.78. The highest BCUT2D eigenvalue weighted by molar-refractivity contribution is 5.71. The molecule has 0 saturated heterocycles. The third kappa shape index (κ3) is 3.80. The second-order valence-electron chi connectivity index (χ2n) is 5.74. The van der Waals surface area contributed by atoms with E-state index in [1.54, 1.807) is 13.8 Å². The average molecular weight is 264 g/mol. The Hall–Kier alpha value is -1.35. The lowest BCUT2D eigenvalue weighted by Crippen LogP contribution is -2.36. The first kappa shape index (κ1) is 15.7. The van der Waals surface area contributed by atoms with Gasteiger partial charge in [0.05, 0.1) is 5.92 Å². The molecule has 1 aromatic carbocycles. The van der Waals surface area contributed by atoms with Crippen LogP contribution in [0.2, 0.25) is 0 Å². The van der Waals surface area contributed by atoms with Gasteiger partial charge in [0.25, 0.3) is 0 Å². The van der Waals surface area contributed by atoms with Crippen molar-refractivity contribution in [2.45, 2.75) is 46.1 Å². The first-order valence-electron chi connectivity index (χ1n) is 6.83. The molecule has 0 bridgehead atoms. The number of aliphatic hydroxyl groups is 1. The van der Waals surface area contributed by atoms with Crippen LogP contribution in [0.25, 0.3) is 0 Å². The third-order valence-electron chi connectivity index (χ3n) is 3.57. The van der Waals surface area contributed by atoms with Gasteiger partial charge in [-0.3, -0.25) is 4.79 Å². The maximum absolute atomic E-state index is 11.2. The second-order valence-corrected chi connectivity index (χ2v) is 5.74. The van der Waals surface area contributed by atoms with E-state index in [0.717, 1.165) is 6.42 Å². The van der Waals surface area contributed by atoms with Gasteiger partial charge in [-0.05, 0) is 36.8 Å². The van der Waals surface area contributed by atoms with Crippen LogP contribution in [-0.2, 0) is 16.8 Å². The molecule has 0 spiro atoms. The van der Waals surface area contributed by atoms with Gasteiger partial charge in [-0.2, -0.15) is 0 Å². The van der Waals surface area contributed by atoms with Gasteiger partial charge in [-0.25, -0.2) is 0 Å². The zero-order chi connectivity index (χ0) is 14.6. The van der Waals surface area contributed by atoms with Crippen LogP contribution < -0.4 is 0 Å². The van der Waals surface area contributed by atoms with E-state index >= 15 is 0 Å². The Morgan fingerprint density at radius 3 is 2.16 bits per heavy atom. The number of benzene rings is 1. The van der Waals surface area contributed by atoms with Crippen molar-refractivity contribution in [1.29, 1.82) is 0 Å². The van der Waals surface area contributed by atoms with E-state index in [1.165, 1.54) is 5.56 Å². The van der Waals surface area contributed by atoms with Crippen molar-refractivity contribution in [2.75, 3.05) is 0 Å². The number of carbonyl (C=O) groups is 1. The zero-order valence-corrected chi connectivity index (χ0v) is 12.2. The summed E-state index contributed by atoms with van der Waals surface area (Å²) in [6, 6.07) is 7.61. The van der Waals surface area contributed by atoms with E-state index in [9.17, 15) is 15.0 Å². The van der Waals surface area contributed by atoms with E-state index < -0.39 is 17.5 Å². The minimum absolute atomic E-state index is 0.399. The third-order valence-corrected chi connectivity index (χ3v) is 3.57. The number of carboxylic acid groups (broad SMARTS) is 1.